The number of nitriles is 1. The van der Waals surface area contributed by atoms with Crippen LogP contribution in [-0.2, 0) is 10.2 Å². The molecule has 1 atom stereocenters. The number of carbonyl (C=O) groups is 1. The Morgan fingerprint density at radius 3 is 2.83 bits per heavy atom. The maximum atomic E-state index is 13.7. The van der Waals surface area contributed by atoms with Crippen LogP contribution in [0.4, 0.5) is 11.5 Å². The fourth-order valence-electron chi connectivity index (χ4n) is 3.94. The lowest BCUT2D eigenvalue weighted by Crippen LogP contribution is -2.49. The molecule has 1 aromatic heterocycles. The molecule has 0 unspecified atom stereocenters. The quantitative estimate of drug-likeness (QED) is 0.399. The standard InChI is InChI=1S/C20H16N6O2S/c1-3-9-26-13-8-6-5-7-11(13)20(18(26)28)12(10-21)15(22)23-16-14(20)17(27)25-19(24-16)29-4-2/h1,5-8H,4,9,22H2,2H3,(H2,23,24,25,27)/t20-/m0/s1. The topological polar surface area (TPSA) is 128 Å². The number of terminal acetylenes is 1. The van der Waals surface area contributed by atoms with Crippen molar-refractivity contribution in [2.24, 2.45) is 5.73 Å². The number of para-hydroxylation sites is 1. The Hall–Kier alpha value is -3.69. The summed E-state index contributed by atoms with van der Waals surface area (Å²) in [7, 11) is 0. The van der Waals surface area contributed by atoms with Crippen molar-refractivity contribution in [3.63, 3.8) is 0 Å². The molecule has 0 saturated carbocycles. The minimum atomic E-state index is -1.71. The minimum absolute atomic E-state index is 0.00588. The number of anilines is 2. The van der Waals surface area contributed by atoms with Gasteiger partial charge in [-0.25, -0.2) is 4.98 Å². The first-order chi connectivity index (χ1) is 14.0. The second-order valence-corrected chi connectivity index (χ2v) is 7.67. The molecular weight excluding hydrogens is 388 g/mol. The number of rotatable bonds is 3. The molecule has 2 aliphatic rings. The van der Waals surface area contributed by atoms with Crippen LogP contribution >= 0.6 is 11.8 Å². The maximum absolute atomic E-state index is 13.7. The molecular formula is C20H16N6O2S. The van der Waals surface area contributed by atoms with Crippen LogP contribution in [0.3, 0.4) is 0 Å². The molecule has 2 aromatic rings. The molecule has 2 aliphatic heterocycles. The highest BCUT2D eigenvalue weighted by atomic mass is 32.2. The fourth-order valence-corrected chi connectivity index (χ4v) is 4.54. The summed E-state index contributed by atoms with van der Waals surface area (Å²) < 4.78 is 0. The van der Waals surface area contributed by atoms with Gasteiger partial charge in [0.05, 0.1) is 17.7 Å². The van der Waals surface area contributed by atoms with E-state index in [-0.39, 0.29) is 29.3 Å². The van der Waals surface area contributed by atoms with Crippen LogP contribution in [0.1, 0.15) is 18.1 Å². The lowest BCUT2D eigenvalue weighted by molar-refractivity contribution is -0.120. The summed E-state index contributed by atoms with van der Waals surface area (Å²) in [6.45, 7) is 1.92. The van der Waals surface area contributed by atoms with Crippen LogP contribution in [0.25, 0.3) is 0 Å². The number of carbonyl (C=O) groups excluding carboxylic acids is 1. The highest BCUT2D eigenvalue weighted by molar-refractivity contribution is 7.99. The number of nitrogens with zero attached hydrogens (tertiary/aromatic N) is 3. The number of nitrogens with one attached hydrogen (secondary N) is 2. The van der Waals surface area contributed by atoms with E-state index < -0.39 is 16.9 Å². The Morgan fingerprint density at radius 1 is 1.38 bits per heavy atom. The van der Waals surface area contributed by atoms with Gasteiger partial charge in [-0.2, -0.15) is 5.26 Å². The molecule has 8 nitrogen and oxygen atoms in total. The van der Waals surface area contributed by atoms with Crippen LogP contribution in [0.5, 0.6) is 0 Å². The van der Waals surface area contributed by atoms with E-state index in [0.717, 1.165) is 0 Å². The van der Waals surface area contributed by atoms with Gasteiger partial charge in [0, 0.05) is 11.3 Å². The number of nitrogens with two attached hydrogens (primary N) is 1. The van der Waals surface area contributed by atoms with Crippen LogP contribution in [0.2, 0.25) is 0 Å². The third kappa shape index (κ3) is 2.38. The predicted molar refractivity (Wildman–Crippen MR) is 110 cm³/mol. The monoisotopic (exact) mass is 404 g/mol. The van der Waals surface area contributed by atoms with Gasteiger partial charge in [0.15, 0.2) is 5.16 Å². The zero-order valence-corrected chi connectivity index (χ0v) is 16.3. The molecule has 0 fully saturated rings. The van der Waals surface area contributed by atoms with Crippen LogP contribution in [0.15, 0.2) is 45.6 Å². The van der Waals surface area contributed by atoms with Gasteiger partial charge in [0.2, 0.25) is 5.91 Å². The van der Waals surface area contributed by atoms with Crippen molar-refractivity contribution >= 4 is 29.2 Å². The van der Waals surface area contributed by atoms with Crippen molar-refractivity contribution in [2.45, 2.75) is 17.5 Å². The number of benzene rings is 1. The zero-order chi connectivity index (χ0) is 20.8. The molecule has 0 radical (unpaired) electrons. The summed E-state index contributed by atoms with van der Waals surface area (Å²) in [4.78, 5) is 35.5. The van der Waals surface area contributed by atoms with Gasteiger partial charge in [-0.05, 0) is 11.8 Å². The van der Waals surface area contributed by atoms with E-state index in [9.17, 15) is 14.9 Å². The summed E-state index contributed by atoms with van der Waals surface area (Å²) in [6, 6.07) is 8.98. The van der Waals surface area contributed by atoms with E-state index in [1.807, 2.05) is 13.0 Å². The predicted octanol–water partition coefficient (Wildman–Crippen LogP) is 1.27. The molecule has 4 N–H and O–H groups in total. The molecule has 1 spiro atoms. The first-order valence-corrected chi connectivity index (χ1v) is 9.79. The van der Waals surface area contributed by atoms with Gasteiger partial charge in [-0.1, -0.05) is 42.8 Å². The average Bonchev–Trinajstić information content (AvgIpc) is 2.92. The zero-order valence-electron chi connectivity index (χ0n) is 15.4. The third-order valence-corrected chi connectivity index (χ3v) is 5.73. The highest BCUT2D eigenvalue weighted by Crippen LogP contribution is 2.52. The SMILES string of the molecule is C#CCN1C(=O)[C@]2(C(C#N)=C(N)Nc3nc(SCC)[nH]c(=O)c32)c2ccccc21. The number of fused-ring (bicyclic) bond motifs is 4. The summed E-state index contributed by atoms with van der Waals surface area (Å²) in [5.41, 5.74) is 4.94. The van der Waals surface area contributed by atoms with Crippen molar-refractivity contribution < 1.29 is 4.79 Å². The van der Waals surface area contributed by atoms with E-state index in [1.54, 1.807) is 24.3 Å². The van der Waals surface area contributed by atoms with E-state index in [1.165, 1.54) is 16.7 Å². The summed E-state index contributed by atoms with van der Waals surface area (Å²) in [5.74, 6) is 2.80. The van der Waals surface area contributed by atoms with Crippen LogP contribution < -0.4 is 21.5 Å². The molecule has 1 aromatic carbocycles. The van der Waals surface area contributed by atoms with E-state index in [2.05, 4.69) is 21.2 Å². The van der Waals surface area contributed by atoms with Gasteiger partial charge < -0.3 is 16.0 Å². The summed E-state index contributed by atoms with van der Waals surface area (Å²) in [5, 5.41) is 13.2. The first kappa shape index (κ1) is 18.7. The molecule has 144 valence electrons. The molecule has 29 heavy (non-hydrogen) atoms. The van der Waals surface area contributed by atoms with Gasteiger partial charge in [0.1, 0.15) is 23.1 Å². The number of aromatic amines is 1. The Balaban J connectivity index is 2.13. The lowest BCUT2D eigenvalue weighted by Gasteiger charge is -2.33. The van der Waals surface area contributed by atoms with Crippen LogP contribution in [-0.4, -0.2) is 28.2 Å². The van der Waals surface area contributed by atoms with Gasteiger partial charge in [0.25, 0.3) is 5.56 Å². The van der Waals surface area contributed by atoms with E-state index in [0.29, 0.717) is 22.2 Å². The average molecular weight is 404 g/mol. The molecule has 1 amide bonds. The number of thioether (sulfide) groups is 1. The summed E-state index contributed by atoms with van der Waals surface area (Å²) in [6.07, 6.45) is 5.48. The summed E-state index contributed by atoms with van der Waals surface area (Å²) >= 11 is 1.35. The Labute approximate surface area is 170 Å². The fraction of sp³-hybridized carbons (Fsp3) is 0.200. The Kier molecular flexibility index (Phi) is 4.33. The molecule has 0 aliphatic carbocycles. The second kappa shape index (κ2) is 6.73. The first-order valence-electron chi connectivity index (χ1n) is 8.80. The van der Waals surface area contributed by atoms with Crippen molar-refractivity contribution in [2.75, 3.05) is 22.5 Å². The van der Waals surface area contributed by atoms with Gasteiger partial charge >= 0.3 is 0 Å². The molecule has 9 heteroatoms. The number of hydrogen-bond donors (Lipinski definition) is 3. The van der Waals surface area contributed by atoms with E-state index in [4.69, 9.17) is 12.2 Å². The number of H-pyrrole nitrogens is 1. The van der Waals surface area contributed by atoms with Crippen molar-refractivity contribution in [3.05, 3.63) is 57.1 Å². The minimum Gasteiger partial charge on any atom is -0.384 e. The Bertz CT molecular complexity index is 1220. The number of amides is 1. The largest absolute Gasteiger partial charge is 0.384 e. The smallest absolute Gasteiger partial charge is 0.258 e. The normalized spacial score (nSPS) is 19.4. The molecule has 0 bridgehead atoms. The lowest BCUT2D eigenvalue weighted by atomic mass is 9.69. The van der Waals surface area contributed by atoms with Crippen molar-refractivity contribution in [1.82, 2.24) is 9.97 Å². The molecule has 4 rings (SSSR count). The third-order valence-electron chi connectivity index (χ3n) is 4.98. The Morgan fingerprint density at radius 2 is 2.14 bits per heavy atom. The van der Waals surface area contributed by atoms with Gasteiger partial charge in [-0.15, -0.1) is 6.42 Å². The van der Waals surface area contributed by atoms with E-state index >= 15 is 0 Å². The molecule has 3 heterocycles. The van der Waals surface area contributed by atoms with Crippen LogP contribution in [0, 0.1) is 23.7 Å². The van der Waals surface area contributed by atoms with Crippen molar-refractivity contribution in [1.29, 1.82) is 5.26 Å². The van der Waals surface area contributed by atoms with Crippen molar-refractivity contribution in [3.8, 4) is 18.4 Å². The molecule has 0 saturated heterocycles. The number of aromatic nitrogens is 2. The highest BCUT2D eigenvalue weighted by Gasteiger charge is 2.60. The number of hydrogen-bond acceptors (Lipinski definition) is 7. The maximum Gasteiger partial charge on any atom is 0.258 e. The second-order valence-electron chi connectivity index (χ2n) is 6.42. The van der Waals surface area contributed by atoms with Gasteiger partial charge in [-0.3, -0.25) is 14.5 Å².